The van der Waals surface area contributed by atoms with E-state index >= 15 is 0 Å². The summed E-state index contributed by atoms with van der Waals surface area (Å²) >= 11 is 0. The van der Waals surface area contributed by atoms with Crippen LogP contribution in [0.25, 0.3) is 0 Å². The highest BCUT2D eigenvalue weighted by molar-refractivity contribution is 6.07. The van der Waals surface area contributed by atoms with Crippen molar-refractivity contribution >= 4 is 11.9 Å². The van der Waals surface area contributed by atoms with Crippen LogP contribution >= 0.6 is 0 Å². The Kier molecular flexibility index (Phi) is 5.92. The van der Waals surface area contributed by atoms with E-state index in [9.17, 15) is 9.59 Å². The molecule has 2 aromatic carbocycles. The molecule has 5 rings (SSSR count). The number of nitrogens with zero attached hydrogens (tertiary/aromatic N) is 4. The third kappa shape index (κ3) is 4.26. The van der Waals surface area contributed by atoms with E-state index in [4.69, 9.17) is 0 Å². The molecule has 0 bridgehead atoms. The van der Waals surface area contributed by atoms with Gasteiger partial charge in [0.25, 0.3) is 5.91 Å². The van der Waals surface area contributed by atoms with Crippen LogP contribution in [0.4, 0.5) is 4.79 Å². The second-order valence-corrected chi connectivity index (χ2v) is 8.86. The molecule has 2 saturated heterocycles. The summed E-state index contributed by atoms with van der Waals surface area (Å²) in [5, 5.41) is 0. The van der Waals surface area contributed by atoms with Gasteiger partial charge in [0.05, 0.1) is 12.2 Å². The molecule has 2 aliphatic heterocycles. The van der Waals surface area contributed by atoms with Crippen molar-refractivity contribution in [2.75, 3.05) is 13.1 Å². The van der Waals surface area contributed by atoms with Gasteiger partial charge in [0, 0.05) is 32.4 Å². The highest BCUT2D eigenvalue weighted by atomic mass is 16.2. The van der Waals surface area contributed by atoms with Gasteiger partial charge in [-0.25, -0.2) is 4.79 Å². The summed E-state index contributed by atoms with van der Waals surface area (Å²) in [4.78, 5) is 37.3. The predicted molar refractivity (Wildman–Crippen MR) is 126 cm³/mol. The summed E-state index contributed by atoms with van der Waals surface area (Å²) in [6, 6.07) is 25.7. The van der Waals surface area contributed by atoms with Gasteiger partial charge in [0.2, 0.25) is 0 Å². The molecule has 0 N–H and O–H groups in total. The highest BCUT2D eigenvalue weighted by Crippen LogP contribution is 2.39. The molecule has 6 heteroatoms. The third-order valence-electron chi connectivity index (χ3n) is 6.78. The zero-order valence-corrected chi connectivity index (χ0v) is 18.6. The first-order chi connectivity index (χ1) is 16.2. The topological polar surface area (TPSA) is 56.8 Å². The summed E-state index contributed by atoms with van der Waals surface area (Å²) in [5.74, 6) is -0.0894. The SMILES string of the molecule is O=C1N(Cc2ccccn2)C(=O)C2(CCN(Cc3ccccc3)CC2)N1Cc1ccccc1. The predicted octanol–water partition coefficient (Wildman–Crippen LogP) is 4.08. The Labute approximate surface area is 194 Å². The zero-order valence-electron chi connectivity index (χ0n) is 18.6. The molecule has 3 aromatic rings. The number of amides is 3. The molecule has 3 amide bonds. The molecule has 0 unspecified atom stereocenters. The standard InChI is InChI=1S/C27H28N4O2/c32-25-27(14-17-29(18-15-27)19-22-9-3-1-4-10-22)31(20-23-11-5-2-6-12-23)26(33)30(25)21-24-13-7-8-16-28-24/h1-13,16H,14-15,17-21H2. The average molecular weight is 441 g/mol. The summed E-state index contributed by atoms with van der Waals surface area (Å²) < 4.78 is 0. The average Bonchev–Trinajstić information content (AvgIpc) is 3.04. The lowest BCUT2D eigenvalue weighted by Gasteiger charge is -2.42. The Balaban J connectivity index is 1.39. The fourth-order valence-corrected chi connectivity index (χ4v) is 4.97. The summed E-state index contributed by atoms with van der Waals surface area (Å²) in [7, 11) is 0. The van der Waals surface area contributed by atoms with Gasteiger partial charge in [-0.15, -0.1) is 0 Å². The second-order valence-electron chi connectivity index (χ2n) is 8.86. The normalized spacial score (nSPS) is 18.3. The third-order valence-corrected chi connectivity index (χ3v) is 6.78. The first kappa shape index (κ1) is 21.3. The van der Waals surface area contributed by atoms with Gasteiger partial charge in [-0.05, 0) is 36.1 Å². The Hall–Kier alpha value is -3.51. The minimum Gasteiger partial charge on any atom is -0.305 e. The molecule has 2 fully saturated rings. The molecule has 0 radical (unpaired) electrons. The number of imide groups is 1. The molecule has 33 heavy (non-hydrogen) atoms. The van der Waals surface area contributed by atoms with E-state index in [2.05, 4.69) is 34.1 Å². The summed E-state index contributed by atoms with van der Waals surface area (Å²) in [6.07, 6.45) is 2.96. The first-order valence-corrected chi connectivity index (χ1v) is 11.5. The van der Waals surface area contributed by atoms with Crippen molar-refractivity contribution in [3.05, 3.63) is 102 Å². The van der Waals surface area contributed by atoms with Crippen LogP contribution in [0.2, 0.25) is 0 Å². The molecule has 1 spiro atoms. The van der Waals surface area contributed by atoms with Crippen LogP contribution in [0.1, 0.15) is 29.7 Å². The van der Waals surface area contributed by atoms with Crippen molar-refractivity contribution < 1.29 is 9.59 Å². The number of urea groups is 1. The number of hydrogen-bond acceptors (Lipinski definition) is 4. The van der Waals surface area contributed by atoms with E-state index in [0.717, 1.165) is 30.9 Å². The lowest BCUT2D eigenvalue weighted by atomic mass is 9.85. The lowest BCUT2D eigenvalue weighted by molar-refractivity contribution is -0.136. The molecule has 6 nitrogen and oxygen atoms in total. The Morgan fingerprint density at radius 2 is 1.33 bits per heavy atom. The molecular formula is C27H28N4O2. The van der Waals surface area contributed by atoms with Crippen LogP contribution in [-0.2, 0) is 24.4 Å². The van der Waals surface area contributed by atoms with Crippen LogP contribution in [0, 0.1) is 0 Å². The van der Waals surface area contributed by atoms with E-state index in [1.54, 1.807) is 6.20 Å². The number of rotatable bonds is 6. The van der Waals surface area contributed by atoms with Gasteiger partial charge in [-0.2, -0.15) is 0 Å². The minimum absolute atomic E-state index is 0.0894. The molecule has 168 valence electrons. The monoisotopic (exact) mass is 440 g/mol. The summed E-state index contributed by atoms with van der Waals surface area (Å²) in [5.41, 5.74) is 2.22. The number of aromatic nitrogens is 1. The minimum atomic E-state index is -0.797. The fraction of sp³-hybridized carbons (Fsp3) is 0.296. The number of hydrogen-bond donors (Lipinski definition) is 0. The number of pyridine rings is 1. The molecule has 0 atom stereocenters. The molecular weight excluding hydrogens is 412 g/mol. The summed E-state index contributed by atoms with van der Waals surface area (Å²) in [6.45, 7) is 3.05. The number of likely N-dealkylation sites (tertiary alicyclic amines) is 1. The Morgan fingerprint density at radius 3 is 1.94 bits per heavy atom. The van der Waals surface area contributed by atoms with Crippen LogP contribution in [0.15, 0.2) is 85.1 Å². The molecule has 0 saturated carbocycles. The maximum atomic E-state index is 13.8. The van der Waals surface area contributed by atoms with E-state index in [0.29, 0.717) is 19.4 Å². The number of benzene rings is 2. The molecule has 0 aliphatic carbocycles. The quantitative estimate of drug-likeness (QED) is 0.542. The highest BCUT2D eigenvalue weighted by Gasteiger charge is 2.57. The Morgan fingerprint density at radius 1 is 0.727 bits per heavy atom. The molecule has 3 heterocycles. The van der Waals surface area contributed by atoms with Crippen molar-refractivity contribution in [2.24, 2.45) is 0 Å². The second kappa shape index (κ2) is 9.16. The van der Waals surface area contributed by atoms with Crippen molar-refractivity contribution in [2.45, 2.75) is 38.0 Å². The molecule has 1 aromatic heterocycles. The first-order valence-electron chi connectivity index (χ1n) is 11.5. The van der Waals surface area contributed by atoms with Gasteiger partial charge in [-0.3, -0.25) is 19.6 Å². The van der Waals surface area contributed by atoms with Gasteiger partial charge < -0.3 is 4.90 Å². The smallest absolute Gasteiger partial charge is 0.305 e. The van der Waals surface area contributed by atoms with E-state index < -0.39 is 5.54 Å². The van der Waals surface area contributed by atoms with E-state index in [-0.39, 0.29) is 18.5 Å². The Bertz CT molecular complexity index is 1100. The largest absolute Gasteiger partial charge is 0.328 e. The van der Waals surface area contributed by atoms with Gasteiger partial charge in [0.15, 0.2) is 0 Å². The van der Waals surface area contributed by atoms with Gasteiger partial charge in [-0.1, -0.05) is 66.7 Å². The number of piperidine rings is 1. The van der Waals surface area contributed by atoms with Crippen LogP contribution < -0.4 is 0 Å². The fourth-order valence-electron chi connectivity index (χ4n) is 4.97. The maximum Gasteiger partial charge on any atom is 0.328 e. The van der Waals surface area contributed by atoms with Gasteiger partial charge in [0.1, 0.15) is 5.54 Å². The lowest BCUT2D eigenvalue weighted by Crippen LogP contribution is -2.56. The van der Waals surface area contributed by atoms with E-state index in [1.165, 1.54) is 10.5 Å². The van der Waals surface area contributed by atoms with Crippen molar-refractivity contribution in [1.29, 1.82) is 0 Å². The van der Waals surface area contributed by atoms with E-state index in [1.807, 2.05) is 59.5 Å². The number of carbonyl (C=O) groups excluding carboxylic acids is 2. The zero-order chi connectivity index (χ0) is 22.7. The van der Waals surface area contributed by atoms with Crippen molar-refractivity contribution in [3.63, 3.8) is 0 Å². The van der Waals surface area contributed by atoms with Gasteiger partial charge >= 0.3 is 6.03 Å². The maximum absolute atomic E-state index is 13.8. The van der Waals surface area contributed by atoms with Crippen molar-refractivity contribution in [3.8, 4) is 0 Å². The van der Waals surface area contributed by atoms with Crippen LogP contribution in [0.5, 0.6) is 0 Å². The van der Waals surface area contributed by atoms with Crippen LogP contribution in [0.3, 0.4) is 0 Å². The van der Waals surface area contributed by atoms with Crippen LogP contribution in [-0.4, -0.2) is 50.3 Å². The molecule has 2 aliphatic rings. The number of carbonyl (C=O) groups is 2. The van der Waals surface area contributed by atoms with Crippen molar-refractivity contribution in [1.82, 2.24) is 19.7 Å².